The van der Waals surface area contributed by atoms with Crippen LogP contribution in [-0.2, 0) is 0 Å². The zero-order chi connectivity index (χ0) is 14.0. The van der Waals surface area contributed by atoms with Gasteiger partial charge in [0.25, 0.3) is 5.91 Å². The third kappa shape index (κ3) is 3.85. The van der Waals surface area contributed by atoms with Gasteiger partial charge in [0.15, 0.2) is 0 Å². The molecule has 1 amide bonds. The minimum atomic E-state index is -0.589. The van der Waals surface area contributed by atoms with Crippen LogP contribution in [0.5, 0.6) is 0 Å². The predicted molar refractivity (Wildman–Crippen MR) is 84.3 cm³/mol. The number of hydrogen-bond acceptors (Lipinski definition) is 2. The molecular weight excluding hydrogens is 370 g/mol. The number of rotatable bonds is 2. The van der Waals surface area contributed by atoms with Crippen LogP contribution in [0.4, 0.5) is 4.39 Å². The summed E-state index contributed by atoms with van der Waals surface area (Å²) in [6, 6.07) is 2.70. The van der Waals surface area contributed by atoms with Crippen molar-refractivity contribution in [3.63, 3.8) is 0 Å². The predicted octanol–water partition coefficient (Wildman–Crippen LogP) is 3.49. The highest BCUT2D eigenvalue weighted by Gasteiger charge is 2.25. The van der Waals surface area contributed by atoms with Crippen LogP contribution >= 0.6 is 39.9 Å². The Kier molecular flexibility index (Phi) is 6.72. The summed E-state index contributed by atoms with van der Waals surface area (Å²) in [6.45, 7) is 1.72. The summed E-state index contributed by atoms with van der Waals surface area (Å²) in [5, 5.41) is 3.50. The molecule has 3 nitrogen and oxygen atoms in total. The number of benzene rings is 1. The van der Waals surface area contributed by atoms with Gasteiger partial charge in [-0.2, -0.15) is 0 Å². The Morgan fingerprint density at radius 1 is 1.55 bits per heavy atom. The van der Waals surface area contributed by atoms with Gasteiger partial charge in [-0.3, -0.25) is 4.79 Å². The first-order chi connectivity index (χ1) is 9.00. The number of hydrogen-bond donors (Lipinski definition) is 1. The molecule has 0 aromatic heterocycles. The molecule has 0 bridgehead atoms. The van der Waals surface area contributed by atoms with Crippen molar-refractivity contribution >= 4 is 45.8 Å². The van der Waals surface area contributed by atoms with E-state index in [1.807, 2.05) is 0 Å². The van der Waals surface area contributed by atoms with Crippen LogP contribution in [-0.4, -0.2) is 37.0 Å². The van der Waals surface area contributed by atoms with Gasteiger partial charge < -0.3 is 10.2 Å². The van der Waals surface area contributed by atoms with Crippen molar-refractivity contribution in [2.24, 2.45) is 0 Å². The number of halogens is 4. The number of likely N-dealkylation sites (N-methyl/N-ethyl adjacent to an activating group) is 1. The van der Waals surface area contributed by atoms with Gasteiger partial charge in [-0.25, -0.2) is 4.39 Å². The van der Waals surface area contributed by atoms with E-state index < -0.39 is 5.82 Å². The van der Waals surface area contributed by atoms with Crippen molar-refractivity contribution in [2.75, 3.05) is 20.1 Å². The number of amides is 1. The first-order valence-corrected chi connectivity index (χ1v) is 7.30. The normalized spacial score (nSPS) is 18.3. The van der Waals surface area contributed by atoms with E-state index in [0.717, 1.165) is 32.0 Å². The fourth-order valence-electron chi connectivity index (χ4n) is 2.21. The molecule has 1 saturated heterocycles. The van der Waals surface area contributed by atoms with Crippen LogP contribution in [0.2, 0.25) is 5.02 Å². The van der Waals surface area contributed by atoms with Crippen LogP contribution in [0.25, 0.3) is 0 Å². The van der Waals surface area contributed by atoms with Gasteiger partial charge in [0.1, 0.15) is 5.82 Å². The van der Waals surface area contributed by atoms with E-state index in [2.05, 4.69) is 21.2 Å². The highest BCUT2D eigenvalue weighted by Crippen LogP contribution is 2.26. The summed E-state index contributed by atoms with van der Waals surface area (Å²) >= 11 is 9.01. The van der Waals surface area contributed by atoms with Gasteiger partial charge >= 0.3 is 0 Å². The van der Waals surface area contributed by atoms with E-state index in [0.29, 0.717) is 4.47 Å². The van der Waals surface area contributed by atoms with Crippen molar-refractivity contribution in [1.29, 1.82) is 0 Å². The number of nitrogens with one attached hydrogen (secondary N) is 1. The van der Waals surface area contributed by atoms with Gasteiger partial charge in [-0.1, -0.05) is 11.6 Å². The SMILES string of the molecule is CN(C(=O)c1cc(Br)c(Cl)cc1F)[C@H]1CCCNC1.Cl. The zero-order valence-corrected chi connectivity index (χ0v) is 14.1. The van der Waals surface area contributed by atoms with Crippen molar-refractivity contribution in [1.82, 2.24) is 10.2 Å². The third-order valence-electron chi connectivity index (χ3n) is 3.38. The molecule has 0 aliphatic carbocycles. The molecule has 0 saturated carbocycles. The minimum absolute atomic E-state index is 0. The monoisotopic (exact) mass is 384 g/mol. The van der Waals surface area contributed by atoms with Gasteiger partial charge in [-0.05, 0) is 47.4 Å². The molecule has 1 aliphatic heterocycles. The van der Waals surface area contributed by atoms with E-state index in [4.69, 9.17) is 11.6 Å². The van der Waals surface area contributed by atoms with Crippen molar-refractivity contribution in [2.45, 2.75) is 18.9 Å². The van der Waals surface area contributed by atoms with E-state index >= 15 is 0 Å². The van der Waals surface area contributed by atoms with E-state index in [9.17, 15) is 9.18 Å². The third-order valence-corrected chi connectivity index (χ3v) is 4.58. The molecular formula is C13H16BrCl2FN2O. The van der Waals surface area contributed by atoms with Crippen LogP contribution in [0.15, 0.2) is 16.6 Å². The van der Waals surface area contributed by atoms with E-state index in [1.165, 1.54) is 6.07 Å². The molecule has 0 radical (unpaired) electrons. The molecule has 0 spiro atoms. The fraction of sp³-hybridized carbons (Fsp3) is 0.462. The van der Waals surface area contributed by atoms with E-state index in [1.54, 1.807) is 11.9 Å². The molecule has 1 aliphatic rings. The lowest BCUT2D eigenvalue weighted by atomic mass is 10.1. The molecule has 7 heteroatoms. The molecule has 0 unspecified atom stereocenters. The fourth-order valence-corrected chi connectivity index (χ4v) is 2.70. The molecule has 112 valence electrons. The molecule has 1 fully saturated rings. The highest BCUT2D eigenvalue weighted by molar-refractivity contribution is 9.10. The quantitative estimate of drug-likeness (QED) is 0.790. The topological polar surface area (TPSA) is 32.3 Å². The smallest absolute Gasteiger partial charge is 0.256 e. The Bertz CT molecular complexity index is 496. The maximum absolute atomic E-state index is 13.8. The first kappa shape index (κ1) is 17.7. The molecule has 1 atom stereocenters. The second kappa shape index (κ2) is 7.59. The second-order valence-corrected chi connectivity index (χ2v) is 5.92. The number of nitrogens with zero attached hydrogens (tertiary/aromatic N) is 1. The van der Waals surface area contributed by atoms with Crippen molar-refractivity contribution in [3.8, 4) is 0 Å². The minimum Gasteiger partial charge on any atom is -0.337 e. The zero-order valence-electron chi connectivity index (χ0n) is 11.0. The Morgan fingerprint density at radius 2 is 2.25 bits per heavy atom. The van der Waals surface area contributed by atoms with Gasteiger partial charge in [-0.15, -0.1) is 12.4 Å². The van der Waals surface area contributed by atoms with Gasteiger partial charge in [0.2, 0.25) is 0 Å². The number of piperidine rings is 1. The molecule has 1 aromatic rings. The van der Waals surface area contributed by atoms with Gasteiger partial charge in [0, 0.05) is 24.1 Å². The Balaban J connectivity index is 0.00000200. The summed E-state index contributed by atoms with van der Waals surface area (Å²) in [6.07, 6.45) is 1.96. The lowest BCUT2D eigenvalue weighted by Crippen LogP contribution is -2.46. The van der Waals surface area contributed by atoms with E-state index in [-0.39, 0.29) is 34.9 Å². The molecule has 20 heavy (non-hydrogen) atoms. The Labute approximate surface area is 137 Å². The molecule has 1 aromatic carbocycles. The highest BCUT2D eigenvalue weighted by atomic mass is 79.9. The molecule has 2 rings (SSSR count). The van der Waals surface area contributed by atoms with Crippen LogP contribution in [0.3, 0.4) is 0 Å². The summed E-state index contributed by atoms with van der Waals surface area (Å²) in [4.78, 5) is 13.9. The maximum Gasteiger partial charge on any atom is 0.256 e. The summed E-state index contributed by atoms with van der Waals surface area (Å²) < 4.78 is 14.4. The Hall–Kier alpha value is -0.360. The second-order valence-electron chi connectivity index (χ2n) is 4.66. The summed E-state index contributed by atoms with van der Waals surface area (Å²) in [5.41, 5.74) is 0.0457. The van der Waals surface area contributed by atoms with Crippen LogP contribution in [0.1, 0.15) is 23.2 Å². The van der Waals surface area contributed by atoms with Crippen molar-refractivity contribution < 1.29 is 9.18 Å². The standard InChI is InChI=1S/C13H15BrClFN2O.ClH/c1-18(8-3-2-4-17-7-8)13(19)9-5-10(14)11(15)6-12(9)16;/h5-6,8,17H,2-4,7H2,1H3;1H/t8-;/m0./s1. The summed E-state index contributed by atoms with van der Waals surface area (Å²) in [7, 11) is 1.71. The summed E-state index contributed by atoms with van der Waals surface area (Å²) in [5.74, 6) is -0.905. The van der Waals surface area contributed by atoms with Crippen molar-refractivity contribution in [3.05, 3.63) is 33.0 Å². The van der Waals surface area contributed by atoms with Gasteiger partial charge in [0.05, 0.1) is 10.6 Å². The lowest BCUT2D eigenvalue weighted by molar-refractivity contribution is 0.0703. The number of carbonyl (C=O) groups is 1. The largest absolute Gasteiger partial charge is 0.337 e. The maximum atomic E-state index is 13.8. The molecule has 1 heterocycles. The molecule has 1 N–H and O–H groups in total. The average Bonchev–Trinajstić information content (AvgIpc) is 2.42. The first-order valence-electron chi connectivity index (χ1n) is 6.13. The lowest BCUT2D eigenvalue weighted by Gasteiger charge is -2.31. The number of carbonyl (C=O) groups excluding carboxylic acids is 1. The average molecular weight is 386 g/mol. The van der Waals surface area contributed by atoms with Crippen LogP contribution in [0, 0.1) is 5.82 Å². The van der Waals surface area contributed by atoms with Crippen LogP contribution < -0.4 is 5.32 Å². The Morgan fingerprint density at radius 3 is 2.85 bits per heavy atom.